The summed E-state index contributed by atoms with van der Waals surface area (Å²) in [7, 11) is 0. The van der Waals surface area contributed by atoms with Gasteiger partial charge in [0.05, 0.1) is 13.1 Å². The van der Waals surface area contributed by atoms with Gasteiger partial charge in [-0.05, 0) is 43.7 Å². The van der Waals surface area contributed by atoms with Crippen molar-refractivity contribution < 1.29 is 9.90 Å². The van der Waals surface area contributed by atoms with Gasteiger partial charge in [-0.25, -0.2) is 4.99 Å². The highest BCUT2D eigenvalue weighted by Gasteiger charge is 2.36. The number of aliphatic imine (C=N–C) groups is 1. The molecule has 0 spiro atoms. The standard InChI is InChI=1S/C23H35N5O2.HI/c1-2-24-22(25-18-23(30)10-9-19-7-3-4-8-20(19)23)28-15-13-26(14-16-28)17-21(29)27-11-5-6-12-27;/h3-4,7-8,30H,2,5-6,9-18H2,1H3,(H,24,25);1H. The number of carbonyl (C=O) groups excluding carboxylic acids is 1. The number of piperazine rings is 1. The van der Waals surface area contributed by atoms with Gasteiger partial charge >= 0.3 is 0 Å². The van der Waals surface area contributed by atoms with E-state index in [1.54, 1.807) is 0 Å². The summed E-state index contributed by atoms with van der Waals surface area (Å²) in [6.45, 7) is 9.00. The van der Waals surface area contributed by atoms with Crippen molar-refractivity contribution in [3.63, 3.8) is 0 Å². The molecular weight excluding hydrogens is 505 g/mol. The Balaban J connectivity index is 0.00000272. The second-order valence-corrected chi connectivity index (χ2v) is 8.71. The lowest BCUT2D eigenvalue weighted by Gasteiger charge is -2.37. The molecule has 0 aromatic heterocycles. The van der Waals surface area contributed by atoms with E-state index in [4.69, 9.17) is 4.99 Å². The fourth-order valence-corrected chi connectivity index (χ4v) is 4.84. The van der Waals surface area contributed by atoms with E-state index in [1.165, 1.54) is 5.56 Å². The zero-order valence-corrected chi connectivity index (χ0v) is 20.9. The molecular formula is C23H36IN5O2. The lowest BCUT2D eigenvalue weighted by molar-refractivity contribution is -0.131. The Bertz CT molecular complexity index is 775. The molecule has 0 radical (unpaired) electrons. The van der Waals surface area contributed by atoms with Crippen molar-refractivity contribution in [1.29, 1.82) is 0 Å². The van der Waals surface area contributed by atoms with Gasteiger partial charge in [-0.1, -0.05) is 24.3 Å². The van der Waals surface area contributed by atoms with Crippen LogP contribution in [-0.2, 0) is 16.8 Å². The minimum atomic E-state index is -0.874. The number of rotatable bonds is 5. The first-order valence-corrected chi connectivity index (χ1v) is 11.4. The molecule has 0 bridgehead atoms. The van der Waals surface area contributed by atoms with Crippen molar-refractivity contribution in [2.45, 2.75) is 38.2 Å². The van der Waals surface area contributed by atoms with E-state index in [0.29, 0.717) is 13.1 Å². The predicted molar refractivity (Wildman–Crippen MR) is 134 cm³/mol. The third kappa shape index (κ3) is 5.70. The molecule has 1 unspecified atom stereocenters. The van der Waals surface area contributed by atoms with E-state index < -0.39 is 5.60 Å². The summed E-state index contributed by atoms with van der Waals surface area (Å²) in [4.78, 5) is 23.8. The van der Waals surface area contributed by atoms with Gasteiger partial charge in [0.1, 0.15) is 5.60 Å². The number of nitrogens with one attached hydrogen (secondary N) is 1. The molecule has 3 aliphatic rings. The Morgan fingerprint density at radius 2 is 1.81 bits per heavy atom. The van der Waals surface area contributed by atoms with Crippen molar-refractivity contribution >= 4 is 35.8 Å². The summed E-state index contributed by atoms with van der Waals surface area (Å²) in [6, 6.07) is 8.16. The maximum Gasteiger partial charge on any atom is 0.236 e. The van der Waals surface area contributed by atoms with Crippen molar-refractivity contribution in [2.24, 2.45) is 4.99 Å². The maximum atomic E-state index is 12.4. The van der Waals surface area contributed by atoms with Crippen LogP contribution in [-0.4, -0.2) is 90.6 Å². The first-order chi connectivity index (χ1) is 14.6. The molecule has 1 aliphatic carbocycles. The van der Waals surface area contributed by atoms with E-state index in [-0.39, 0.29) is 29.9 Å². The Labute approximate surface area is 202 Å². The molecule has 2 saturated heterocycles. The van der Waals surface area contributed by atoms with Crippen molar-refractivity contribution in [2.75, 3.05) is 58.9 Å². The number of hydrogen-bond donors (Lipinski definition) is 2. The smallest absolute Gasteiger partial charge is 0.236 e. The largest absolute Gasteiger partial charge is 0.383 e. The number of amides is 1. The fourth-order valence-electron chi connectivity index (χ4n) is 4.84. The molecule has 2 heterocycles. The number of nitrogens with zero attached hydrogens (tertiary/aromatic N) is 4. The normalized spacial score (nSPS) is 24.1. The molecule has 172 valence electrons. The first kappa shape index (κ1) is 24.3. The second kappa shape index (κ2) is 11.0. The summed E-state index contributed by atoms with van der Waals surface area (Å²) in [5, 5.41) is 14.6. The van der Waals surface area contributed by atoms with Crippen molar-refractivity contribution in [3.05, 3.63) is 35.4 Å². The molecule has 0 saturated carbocycles. The topological polar surface area (TPSA) is 71.4 Å². The second-order valence-electron chi connectivity index (χ2n) is 8.71. The van der Waals surface area contributed by atoms with E-state index in [0.717, 1.165) is 83.0 Å². The number of hydrogen-bond acceptors (Lipinski definition) is 4. The Morgan fingerprint density at radius 3 is 2.52 bits per heavy atom. The SMILES string of the molecule is CCNC(=NCC1(O)CCc2ccccc21)N1CCN(CC(=O)N2CCCC2)CC1.I. The van der Waals surface area contributed by atoms with Gasteiger partial charge in [0, 0.05) is 45.8 Å². The number of guanidine groups is 1. The minimum absolute atomic E-state index is 0. The molecule has 2 fully saturated rings. The number of fused-ring (bicyclic) bond motifs is 1. The zero-order chi connectivity index (χ0) is 21.0. The highest BCUT2D eigenvalue weighted by molar-refractivity contribution is 14.0. The molecule has 1 aromatic carbocycles. The molecule has 2 aliphatic heterocycles. The number of benzene rings is 1. The quantitative estimate of drug-likeness (QED) is 0.337. The van der Waals surface area contributed by atoms with Gasteiger partial charge in [-0.3, -0.25) is 9.69 Å². The van der Waals surface area contributed by atoms with Crippen LogP contribution >= 0.6 is 24.0 Å². The van der Waals surface area contributed by atoms with E-state index in [1.807, 2.05) is 23.1 Å². The van der Waals surface area contributed by atoms with Gasteiger partial charge in [0.25, 0.3) is 0 Å². The number of carbonyl (C=O) groups is 1. The lowest BCUT2D eigenvalue weighted by Crippen LogP contribution is -2.54. The van der Waals surface area contributed by atoms with Gasteiger partial charge in [0.2, 0.25) is 5.91 Å². The minimum Gasteiger partial charge on any atom is -0.383 e. The lowest BCUT2D eigenvalue weighted by atomic mass is 9.96. The number of halogens is 1. The fraction of sp³-hybridized carbons (Fsp3) is 0.652. The van der Waals surface area contributed by atoms with Crippen molar-refractivity contribution in [1.82, 2.24) is 20.0 Å². The summed E-state index contributed by atoms with van der Waals surface area (Å²) >= 11 is 0. The summed E-state index contributed by atoms with van der Waals surface area (Å²) in [5.41, 5.74) is 1.38. The summed E-state index contributed by atoms with van der Waals surface area (Å²) in [5.74, 6) is 1.13. The number of likely N-dealkylation sites (tertiary alicyclic amines) is 1. The van der Waals surface area contributed by atoms with E-state index >= 15 is 0 Å². The van der Waals surface area contributed by atoms with Crippen LogP contribution in [0.25, 0.3) is 0 Å². The van der Waals surface area contributed by atoms with E-state index in [9.17, 15) is 9.90 Å². The third-order valence-electron chi connectivity index (χ3n) is 6.64. The average Bonchev–Trinajstić information content (AvgIpc) is 3.41. The van der Waals surface area contributed by atoms with Gasteiger partial charge < -0.3 is 20.2 Å². The van der Waals surface area contributed by atoms with Crippen molar-refractivity contribution in [3.8, 4) is 0 Å². The molecule has 8 heteroatoms. The van der Waals surface area contributed by atoms with Crippen LogP contribution in [0.15, 0.2) is 29.3 Å². The highest BCUT2D eigenvalue weighted by Crippen LogP contribution is 2.36. The molecule has 1 aromatic rings. The highest BCUT2D eigenvalue weighted by atomic mass is 127. The zero-order valence-electron chi connectivity index (χ0n) is 18.6. The van der Waals surface area contributed by atoms with Crippen LogP contribution in [0.3, 0.4) is 0 Å². The predicted octanol–water partition coefficient (Wildman–Crippen LogP) is 1.64. The molecule has 4 rings (SSSR count). The monoisotopic (exact) mass is 541 g/mol. The van der Waals surface area contributed by atoms with Crippen LogP contribution in [0.4, 0.5) is 0 Å². The third-order valence-corrected chi connectivity index (χ3v) is 6.64. The maximum absolute atomic E-state index is 12.4. The van der Waals surface area contributed by atoms with E-state index in [2.05, 4.69) is 28.1 Å². The van der Waals surface area contributed by atoms with Crippen LogP contribution < -0.4 is 5.32 Å². The molecule has 31 heavy (non-hydrogen) atoms. The summed E-state index contributed by atoms with van der Waals surface area (Å²) < 4.78 is 0. The van der Waals surface area contributed by atoms with Gasteiger partial charge in [-0.2, -0.15) is 0 Å². The van der Waals surface area contributed by atoms with Crippen LogP contribution in [0.1, 0.15) is 37.3 Å². The first-order valence-electron chi connectivity index (χ1n) is 11.4. The van der Waals surface area contributed by atoms with Crippen LogP contribution in [0, 0.1) is 0 Å². The number of aryl methyl sites for hydroxylation is 1. The molecule has 7 nitrogen and oxygen atoms in total. The van der Waals surface area contributed by atoms with Gasteiger partial charge in [0.15, 0.2) is 5.96 Å². The molecule has 1 amide bonds. The average molecular weight is 541 g/mol. The van der Waals surface area contributed by atoms with Gasteiger partial charge in [-0.15, -0.1) is 24.0 Å². The van der Waals surface area contributed by atoms with Crippen LogP contribution in [0.5, 0.6) is 0 Å². The Hall–Kier alpha value is -1.39. The Morgan fingerprint density at radius 1 is 1.10 bits per heavy atom. The Kier molecular flexibility index (Phi) is 8.58. The number of aliphatic hydroxyl groups is 1. The summed E-state index contributed by atoms with van der Waals surface area (Å²) in [6.07, 6.45) is 3.90. The molecule has 1 atom stereocenters. The molecule has 2 N–H and O–H groups in total. The van der Waals surface area contributed by atoms with Crippen LogP contribution in [0.2, 0.25) is 0 Å².